The average Bonchev–Trinajstić information content (AvgIpc) is 3.31. The van der Waals surface area contributed by atoms with Crippen molar-refractivity contribution in [3.05, 3.63) is 30.2 Å². The topological polar surface area (TPSA) is 112 Å². The van der Waals surface area contributed by atoms with E-state index in [2.05, 4.69) is 10.2 Å². The number of benzene rings is 1. The van der Waals surface area contributed by atoms with Crippen LogP contribution in [0.2, 0.25) is 0 Å². The number of fused-ring (bicyclic) bond motifs is 1. The molecule has 0 spiro atoms. The molecule has 1 amide bonds. The fraction of sp³-hybridized carbons (Fsp3) is 0.526. The molecule has 4 rings (SSSR count). The van der Waals surface area contributed by atoms with Crippen molar-refractivity contribution in [2.24, 2.45) is 5.92 Å². The monoisotopic (exact) mass is 453 g/mol. The van der Waals surface area contributed by atoms with Crippen molar-refractivity contribution in [3.8, 4) is 11.5 Å². The molecule has 0 bridgehead atoms. The zero-order chi connectivity index (χ0) is 21.1. The first-order valence-electron chi connectivity index (χ1n) is 9.66. The molecular weight excluding hydrogens is 430 g/mol. The summed E-state index contributed by atoms with van der Waals surface area (Å²) < 4.78 is 40.2. The van der Waals surface area contributed by atoms with Gasteiger partial charge in [-0.2, -0.15) is 0 Å². The van der Waals surface area contributed by atoms with E-state index in [1.807, 2.05) is 24.3 Å². The first kappa shape index (κ1) is 21.0. The molecule has 2 aliphatic rings. The van der Waals surface area contributed by atoms with Crippen LogP contribution in [0.5, 0.6) is 11.5 Å². The number of amides is 1. The predicted octanol–water partition coefficient (Wildman–Crippen LogP) is 1.44. The van der Waals surface area contributed by atoms with E-state index in [9.17, 15) is 13.2 Å². The highest BCUT2D eigenvalue weighted by Crippen LogP contribution is 2.31. The van der Waals surface area contributed by atoms with Crippen molar-refractivity contribution in [3.63, 3.8) is 0 Å². The number of rotatable bonds is 7. The van der Waals surface area contributed by atoms with E-state index in [0.29, 0.717) is 48.6 Å². The Labute approximate surface area is 179 Å². The second-order valence-electron chi connectivity index (χ2n) is 7.50. The van der Waals surface area contributed by atoms with Gasteiger partial charge in [0, 0.05) is 13.5 Å². The van der Waals surface area contributed by atoms with Gasteiger partial charge in [0.2, 0.25) is 11.8 Å². The number of thioether (sulfide) groups is 1. The molecule has 1 aromatic carbocycles. The van der Waals surface area contributed by atoms with Crippen LogP contribution >= 0.6 is 11.8 Å². The molecule has 9 nitrogen and oxygen atoms in total. The first-order chi connectivity index (χ1) is 14.4. The lowest BCUT2D eigenvalue weighted by molar-refractivity contribution is -0.128. The summed E-state index contributed by atoms with van der Waals surface area (Å²) >= 11 is 1.16. The lowest BCUT2D eigenvalue weighted by atomic mass is 10.1. The van der Waals surface area contributed by atoms with Crippen LogP contribution in [0, 0.1) is 5.92 Å². The molecule has 2 aliphatic heterocycles. The van der Waals surface area contributed by atoms with E-state index in [-0.39, 0.29) is 35.2 Å². The van der Waals surface area contributed by atoms with Crippen LogP contribution in [-0.2, 0) is 21.1 Å². The van der Waals surface area contributed by atoms with Gasteiger partial charge in [0.1, 0.15) is 6.61 Å². The van der Waals surface area contributed by atoms with Crippen molar-refractivity contribution in [2.75, 3.05) is 37.5 Å². The predicted molar refractivity (Wildman–Crippen MR) is 109 cm³/mol. The molecule has 11 heteroatoms. The van der Waals surface area contributed by atoms with Crippen LogP contribution in [0.1, 0.15) is 12.3 Å². The number of para-hydroxylation sites is 2. The fourth-order valence-corrected chi connectivity index (χ4v) is 6.04. The summed E-state index contributed by atoms with van der Waals surface area (Å²) in [4.78, 5) is 14.0. The lowest BCUT2D eigenvalue weighted by Crippen LogP contribution is -2.42. The normalized spacial score (nSPS) is 22.0. The minimum atomic E-state index is -2.93. The summed E-state index contributed by atoms with van der Waals surface area (Å²) in [5.74, 6) is 2.26. The molecule has 0 aliphatic carbocycles. The van der Waals surface area contributed by atoms with Crippen molar-refractivity contribution < 1.29 is 27.1 Å². The number of carbonyl (C=O) groups excluding carboxylic acids is 1. The number of hydrogen-bond donors (Lipinski definition) is 0. The van der Waals surface area contributed by atoms with Crippen LogP contribution in [0.4, 0.5) is 0 Å². The average molecular weight is 454 g/mol. The third-order valence-corrected chi connectivity index (χ3v) is 7.67. The van der Waals surface area contributed by atoms with Crippen LogP contribution in [0.15, 0.2) is 33.9 Å². The fourth-order valence-electron chi connectivity index (χ4n) is 3.45. The molecule has 2 aromatic rings. The number of likely N-dealkylation sites (N-methyl/N-ethyl adjacent to an activating group) is 1. The maximum absolute atomic E-state index is 12.4. The van der Waals surface area contributed by atoms with Crippen LogP contribution in [-0.4, -0.2) is 73.0 Å². The summed E-state index contributed by atoms with van der Waals surface area (Å²) in [5.41, 5.74) is 0. The van der Waals surface area contributed by atoms with Gasteiger partial charge >= 0.3 is 0 Å². The summed E-state index contributed by atoms with van der Waals surface area (Å²) in [6.45, 7) is 0.782. The highest BCUT2D eigenvalue weighted by atomic mass is 32.2. The molecule has 2 atom stereocenters. The molecule has 0 radical (unpaired) electrons. The largest absolute Gasteiger partial charge is 0.486 e. The summed E-state index contributed by atoms with van der Waals surface area (Å²) in [6, 6.07) is 7.45. The number of sulfone groups is 1. The van der Waals surface area contributed by atoms with E-state index in [4.69, 9.17) is 13.9 Å². The van der Waals surface area contributed by atoms with Gasteiger partial charge in [-0.15, -0.1) is 10.2 Å². The molecule has 0 saturated carbocycles. The minimum absolute atomic E-state index is 0.0175. The Morgan fingerprint density at radius 2 is 2.07 bits per heavy atom. The Morgan fingerprint density at radius 1 is 1.27 bits per heavy atom. The standard InChI is InChI=1S/C19H23N3O6S2/c1-22(9-14-10-26-15-4-2-3-5-16(15)27-14)18(23)11-29-19-21-20-17(28-19)8-13-6-7-30(24,25)12-13/h2-5,13-14H,6-12H2,1H3/t13-,14+/m0/s1. The van der Waals surface area contributed by atoms with E-state index < -0.39 is 9.84 Å². The smallest absolute Gasteiger partial charge is 0.277 e. The van der Waals surface area contributed by atoms with Crippen LogP contribution in [0.3, 0.4) is 0 Å². The molecule has 0 unspecified atom stereocenters. The zero-order valence-corrected chi connectivity index (χ0v) is 18.2. The van der Waals surface area contributed by atoms with Crippen LogP contribution < -0.4 is 9.47 Å². The Kier molecular flexibility index (Phi) is 6.19. The summed E-state index contributed by atoms with van der Waals surface area (Å²) in [6.07, 6.45) is 0.825. The molecule has 3 heterocycles. The van der Waals surface area contributed by atoms with E-state index >= 15 is 0 Å². The molecule has 0 N–H and O–H groups in total. The van der Waals surface area contributed by atoms with Gasteiger partial charge in [0.05, 0.1) is 23.8 Å². The minimum Gasteiger partial charge on any atom is -0.486 e. The van der Waals surface area contributed by atoms with Crippen LogP contribution in [0.25, 0.3) is 0 Å². The van der Waals surface area contributed by atoms with Crippen molar-refractivity contribution in [1.29, 1.82) is 0 Å². The number of hydrogen-bond acceptors (Lipinski definition) is 9. The second-order valence-corrected chi connectivity index (χ2v) is 10.7. The molecule has 1 fully saturated rings. The Bertz CT molecular complexity index is 1010. The molecule has 30 heavy (non-hydrogen) atoms. The SMILES string of the molecule is CN(C[C@@H]1COc2ccccc2O1)C(=O)CSc1nnc(C[C@@H]2CCS(=O)(=O)C2)o1. The Hall–Kier alpha value is -2.27. The van der Waals surface area contributed by atoms with Gasteiger partial charge in [0.25, 0.3) is 5.22 Å². The Morgan fingerprint density at radius 3 is 2.83 bits per heavy atom. The van der Waals surface area contributed by atoms with Crippen molar-refractivity contribution >= 4 is 27.5 Å². The number of carbonyl (C=O) groups is 1. The zero-order valence-electron chi connectivity index (χ0n) is 16.5. The second kappa shape index (κ2) is 8.84. The van der Waals surface area contributed by atoms with Gasteiger partial charge in [-0.1, -0.05) is 23.9 Å². The van der Waals surface area contributed by atoms with E-state index in [0.717, 1.165) is 11.8 Å². The van der Waals surface area contributed by atoms with Gasteiger partial charge in [0.15, 0.2) is 27.4 Å². The summed E-state index contributed by atoms with van der Waals surface area (Å²) in [7, 11) is -1.22. The van der Waals surface area contributed by atoms with Gasteiger partial charge in [-0.3, -0.25) is 4.79 Å². The number of aromatic nitrogens is 2. The van der Waals surface area contributed by atoms with Gasteiger partial charge in [-0.05, 0) is 24.5 Å². The lowest BCUT2D eigenvalue weighted by Gasteiger charge is -2.29. The Balaban J connectivity index is 1.22. The van der Waals surface area contributed by atoms with E-state index in [1.54, 1.807) is 11.9 Å². The maximum Gasteiger partial charge on any atom is 0.277 e. The summed E-state index contributed by atoms with van der Waals surface area (Å²) in [5, 5.41) is 8.22. The molecular formula is C19H23N3O6S2. The highest BCUT2D eigenvalue weighted by Gasteiger charge is 2.29. The van der Waals surface area contributed by atoms with Gasteiger partial charge in [-0.25, -0.2) is 8.42 Å². The third-order valence-electron chi connectivity index (χ3n) is 5.03. The number of nitrogens with zero attached hydrogens (tertiary/aromatic N) is 3. The van der Waals surface area contributed by atoms with Crippen molar-refractivity contribution in [1.82, 2.24) is 15.1 Å². The molecule has 1 saturated heterocycles. The molecule has 162 valence electrons. The van der Waals surface area contributed by atoms with Crippen molar-refractivity contribution in [2.45, 2.75) is 24.2 Å². The number of ether oxygens (including phenoxy) is 2. The van der Waals surface area contributed by atoms with Gasteiger partial charge < -0.3 is 18.8 Å². The maximum atomic E-state index is 12.4. The third kappa shape index (κ3) is 5.25. The highest BCUT2D eigenvalue weighted by molar-refractivity contribution is 7.99. The van der Waals surface area contributed by atoms with E-state index in [1.165, 1.54) is 0 Å². The quantitative estimate of drug-likeness (QED) is 0.575. The first-order valence-corrected chi connectivity index (χ1v) is 12.5. The molecule has 1 aromatic heterocycles.